The highest BCUT2D eigenvalue weighted by atomic mass is 35.5. The second kappa shape index (κ2) is 15.3. The van der Waals surface area contributed by atoms with Crippen molar-refractivity contribution in [2.75, 3.05) is 84.2 Å². The van der Waals surface area contributed by atoms with Crippen LogP contribution in [-0.2, 0) is 9.47 Å². The molecule has 1 saturated heterocycles. The van der Waals surface area contributed by atoms with E-state index < -0.39 is 0 Å². The molecule has 7 nitrogen and oxygen atoms in total. The summed E-state index contributed by atoms with van der Waals surface area (Å²) in [5.41, 5.74) is 1.15. The number of hydrogen-bond acceptors (Lipinski definition) is 5. The molecule has 30 heavy (non-hydrogen) atoms. The van der Waals surface area contributed by atoms with Crippen molar-refractivity contribution >= 4 is 23.2 Å². The van der Waals surface area contributed by atoms with Crippen LogP contribution in [0.2, 0.25) is 5.02 Å². The van der Waals surface area contributed by atoms with Crippen molar-refractivity contribution in [3.8, 4) is 0 Å². The molecule has 0 spiro atoms. The molecule has 0 aromatic heterocycles. The van der Waals surface area contributed by atoms with Crippen molar-refractivity contribution in [3.63, 3.8) is 0 Å². The van der Waals surface area contributed by atoms with E-state index in [4.69, 9.17) is 21.1 Å². The lowest BCUT2D eigenvalue weighted by atomic mass is 10.2. The first kappa shape index (κ1) is 24.7. The number of hydrogen-bond donors (Lipinski definition) is 2. The molecule has 1 aliphatic rings. The maximum atomic E-state index is 6.33. The van der Waals surface area contributed by atoms with E-state index in [2.05, 4.69) is 44.5 Å². The molecule has 170 valence electrons. The standard InChI is InChI=1S/C22H38ClN5O2/c1-3-24-22(26-11-7-17-30-19-18-29-2)25-10-6-12-27-13-15-28(16-14-27)21-9-5-4-8-20(21)23/h4-5,8-9H,3,6-7,10-19H2,1-2H3,(H2,24,25,26). The first-order valence-electron chi connectivity index (χ1n) is 11.0. The fourth-order valence-electron chi connectivity index (χ4n) is 3.37. The zero-order valence-electron chi connectivity index (χ0n) is 18.5. The van der Waals surface area contributed by atoms with Gasteiger partial charge in [0.1, 0.15) is 0 Å². The second-order valence-electron chi connectivity index (χ2n) is 7.28. The zero-order valence-corrected chi connectivity index (χ0v) is 19.3. The monoisotopic (exact) mass is 439 g/mol. The lowest BCUT2D eigenvalue weighted by Crippen LogP contribution is -2.47. The van der Waals surface area contributed by atoms with Crippen LogP contribution < -0.4 is 15.5 Å². The molecule has 0 bridgehead atoms. The van der Waals surface area contributed by atoms with Gasteiger partial charge in [-0.15, -0.1) is 0 Å². The van der Waals surface area contributed by atoms with Gasteiger partial charge in [-0.25, -0.2) is 0 Å². The van der Waals surface area contributed by atoms with Gasteiger partial charge < -0.3 is 25.0 Å². The van der Waals surface area contributed by atoms with E-state index in [0.717, 1.165) is 81.9 Å². The summed E-state index contributed by atoms with van der Waals surface area (Å²) in [7, 11) is 1.68. The van der Waals surface area contributed by atoms with Crippen LogP contribution in [0, 0.1) is 0 Å². The van der Waals surface area contributed by atoms with E-state index in [1.165, 1.54) is 0 Å². The van der Waals surface area contributed by atoms with Crippen LogP contribution in [0.1, 0.15) is 19.8 Å². The van der Waals surface area contributed by atoms with Gasteiger partial charge in [0, 0.05) is 59.5 Å². The number of ether oxygens (including phenoxy) is 2. The number of halogens is 1. The third kappa shape index (κ3) is 9.51. The van der Waals surface area contributed by atoms with Gasteiger partial charge in [0.25, 0.3) is 0 Å². The van der Waals surface area contributed by atoms with Gasteiger partial charge in [-0.05, 0) is 38.4 Å². The van der Waals surface area contributed by atoms with Crippen LogP contribution in [-0.4, -0.2) is 90.1 Å². The molecule has 0 atom stereocenters. The number of nitrogens with zero attached hydrogens (tertiary/aromatic N) is 3. The fraction of sp³-hybridized carbons (Fsp3) is 0.682. The molecule has 0 amide bonds. The lowest BCUT2D eigenvalue weighted by molar-refractivity contribution is 0.0702. The lowest BCUT2D eigenvalue weighted by Gasteiger charge is -2.36. The van der Waals surface area contributed by atoms with Crippen LogP contribution in [0.25, 0.3) is 0 Å². The Labute approximate surface area is 186 Å². The minimum absolute atomic E-state index is 0.641. The molecule has 1 aliphatic heterocycles. The van der Waals surface area contributed by atoms with E-state index in [1.807, 2.05) is 12.1 Å². The first-order chi connectivity index (χ1) is 14.7. The maximum absolute atomic E-state index is 6.33. The molecule has 1 aromatic carbocycles. The SMILES string of the molecule is CCNC(=NCCCOCCOC)NCCCN1CCN(c2ccccc2Cl)CC1. The Kier molecular flexibility index (Phi) is 12.6. The van der Waals surface area contributed by atoms with E-state index in [0.29, 0.717) is 19.8 Å². The minimum Gasteiger partial charge on any atom is -0.382 e. The summed E-state index contributed by atoms with van der Waals surface area (Å²) >= 11 is 6.33. The maximum Gasteiger partial charge on any atom is 0.191 e. The second-order valence-corrected chi connectivity index (χ2v) is 7.69. The van der Waals surface area contributed by atoms with Crippen LogP contribution in [0.15, 0.2) is 29.3 Å². The Bertz CT molecular complexity index is 609. The number of benzene rings is 1. The smallest absolute Gasteiger partial charge is 0.191 e. The predicted octanol–water partition coefficient (Wildman–Crippen LogP) is 2.46. The number of para-hydroxylation sites is 1. The molecule has 1 aromatic rings. The molecule has 0 aliphatic carbocycles. The quantitative estimate of drug-likeness (QED) is 0.280. The number of nitrogens with one attached hydrogen (secondary N) is 2. The van der Waals surface area contributed by atoms with Crippen molar-refractivity contribution in [3.05, 3.63) is 29.3 Å². The Hall–Kier alpha value is -1.54. The van der Waals surface area contributed by atoms with Crippen LogP contribution in [0.4, 0.5) is 5.69 Å². The summed E-state index contributed by atoms with van der Waals surface area (Å²) in [4.78, 5) is 9.52. The van der Waals surface area contributed by atoms with Crippen LogP contribution in [0.3, 0.4) is 0 Å². The van der Waals surface area contributed by atoms with Gasteiger partial charge in [0.05, 0.1) is 23.9 Å². The van der Waals surface area contributed by atoms with Gasteiger partial charge in [-0.1, -0.05) is 23.7 Å². The van der Waals surface area contributed by atoms with Crippen LogP contribution in [0.5, 0.6) is 0 Å². The first-order valence-corrected chi connectivity index (χ1v) is 11.4. The summed E-state index contributed by atoms with van der Waals surface area (Å²) < 4.78 is 10.4. The summed E-state index contributed by atoms with van der Waals surface area (Å²) in [6.07, 6.45) is 2.01. The van der Waals surface area contributed by atoms with Crippen molar-refractivity contribution < 1.29 is 9.47 Å². The molecular weight excluding hydrogens is 402 g/mol. The third-order valence-electron chi connectivity index (χ3n) is 5.00. The highest BCUT2D eigenvalue weighted by molar-refractivity contribution is 6.33. The van der Waals surface area contributed by atoms with Gasteiger partial charge in [0.2, 0.25) is 0 Å². The van der Waals surface area contributed by atoms with Gasteiger partial charge >= 0.3 is 0 Å². The molecule has 0 saturated carbocycles. The molecule has 1 fully saturated rings. The highest BCUT2D eigenvalue weighted by Crippen LogP contribution is 2.25. The highest BCUT2D eigenvalue weighted by Gasteiger charge is 2.18. The van der Waals surface area contributed by atoms with E-state index in [9.17, 15) is 0 Å². The van der Waals surface area contributed by atoms with E-state index >= 15 is 0 Å². The predicted molar refractivity (Wildman–Crippen MR) is 126 cm³/mol. The molecule has 1 heterocycles. The van der Waals surface area contributed by atoms with Crippen molar-refractivity contribution in [1.82, 2.24) is 15.5 Å². The molecule has 2 N–H and O–H groups in total. The summed E-state index contributed by atoms with van der Waals surface area (Å²) in [5, 5.41) is 7.58. The average molecular weight is 440 g/mol. The summed E-state index contributed by atoms with van der Waals surface area (Å²) in [6, 6.07) is 8.11. The fourth-order valence-corrected chi connectivity index (χ4v) is 3.63. The number of rotatable bonds is 13. The van der Waals surface area contributed by atoms with Crippen LogP contribution >= 0.6 is 11.6 Å². The summed E-state index contributed by atoms with van der Waals surface area (Å²) in [6.45, 7) is 11.9. The largest absolute Gasteiger partial charge is 0.382 e. The number of piperazine rings is 1. The Morgan fingerprint density at radius 3 is 2.60 bits per heavy atom. The minimum atomic E-state index is 0.641. The van der Waals surface area contributed by atoms with Crippen molar-refractivity contribution in [2.45, 2.75) is 19.8 Å². The zero-order chi connectivity index (χ0) is 21.4. The average Bonchev–Trinajstić information content (AvgIpc) is 2.77. The number of aliphatic imine (C=N–C) groups is 1. The van der Waals surface area contributed by atoms with Gasteiger partial charge in [-0.3, -0.25) is 9.89 Å². The number of guanidine groups is 1. The normalized spacial score (nSPS) is 15.4. The van der Waals surface area contributed by atoms with Gasteiger partial charge in [-0.2, -0.15) is 0 Å². The van der Waals surface area contributed by atoms with E-state index in [-0.39, 0.29) is 0 Å². The summed E-state index contributed by atoms with van der Waals surface area (Å²) in [5.74, 6) is 0.887. The molecule has 0 unspecified atom stereocenters. The third-order valence-corrected chi connectivity index (χ3v) is 5.32. The Balaban J connectivity index is 1.58. The Morgan fingerprint density at radius 2 is 1.87 bits per heavy atom. The molecule has 2 rings (SSSR count). The van der Waals surface area contributed by atoms with Gasteiger partial charge in [0.15, 0.2) is 5.96 Å². The number of methoxy groups -OCH3 is 1. The Morgan fingerprint density at radius 1 is 1.07 bits per heavy atom. The van der Waals surface area contributed by atoms with Crippen molar-refractivity contribution in [1.29, 1.82) is 0 Å². The van der Waals surface area contributed by atoms with Crippen molar-refractivity contribution in [2.24, 2.45) is 4.99 Å². The molecular formula is C22H38ClN5O2. The molecule has 8 heteroatoms. The molecule has 0 radical (unpaired) electrons. The van der Waals surface area contributed by atoms with E-state index in [1.54, 1.807) is 7.11 Å². The topological polar surface area (TPSA) is 61.4 Å². The number of anilines is 1.